The van der Waals surface area contributed by atoms with Gasteiger partial charge in [-0.15, -0.1) is 5.10 Å². The fourth-order valence-corrected chi connectivity index (χ4v) is 3.35. The summed E-state index contributed by atoms with van der Waals surface area (Å²) in [4.78, 5) is 3.98. The zero-order valence-corrected chi connectivity index (χ0v) is 12.7. The second-order valence-electron chi connectivity index (χ2n) is 4.44. The second kappa shape index (κ2) is 6.04. The number of nitrogens with two attached hydrogens (primary N) is 1. The lowest BCUT2D eigenvalue weighted by Gasteiger charge is -2.14. The van der Waals surface area contributed by atoms with E-state index in [1.54, 1.807) is 12.1 Å². The number of aromatic nitrogens is 3. The van der Waals surface area contributed by atoms with Crippen molar-refractivity contribution in [1.82, 2.24) is 15.2 Å². The molecule has 8 heteroatoms. The largest absolute Gasteiger partial charge is 0.398 e. The molecule has 0 aliphatic heterocycles. The Bertz CT molecular complexity index is 732. The van der Waals surface area contributed by atoms with Crippen molar-refractivity contribution >= 4 is 21.7 Å². The van der Waals surface area contributed by atoms with Gasteiger partial charge in [0.05, 0.1) is 17.3 Å². The minimum atomic E-state index is -3.81. The van der Waals surface area contributed by atoms with E-state index in [9.17, 15) is 8.42 Å². The first-order valence-corrected chi connectivity index (χ1v) is 8.04. The number of hydrogen-bond acceptors (Lipinski definition) is 6. The van der Waals surface area contributed by atoms with E-state index in [1.165, 1.54) is 12.4 Å². The van der Waals surface area contributed by atoms with Crippen LogP contribution >= 0.6 is 0 Å². The van der Waals surface area contributed by atoms with Gasteiger partial charge in [-0.05, 0) is 36.1 Å². The summed E-state index contributed by atoms with van der Waals surface area (Å²) in [7, 11) is -3.81. The van der Waals surface area contributed by atoms with Crippen molar-refractivity contribution in [2.75, 3.05) is 10.5 Å². The van der Waals surface area contributed by atoms with E-state index in [-0.39, 0.29) is 10.8 Å². The van der Waals surface area contributed by atoms with Crippen molar-refractivity contribution in [3.05, 3.63) is 35.7 Å². The monoisotopic (exact) mass is 307 g/mol. The SMILES string of the molecule is CCc1cc(N)c(CC)c(S(=O)(=O)Nc2nccnn2)c1. The second-order valence-corrected chi connectivity index (χ2v) is 6.09. The molecule has 0 amide bonds. The molecule has 0 saturated carbocycles. The average molecular weight is 307 g/mol. The maximum absolute atomic E-state index is 12.5. The van der Waals surface area contributed by atoms with Crippen molar-refractivity contribution in [1.29, 1.82) is 0 Å². The quantitative estimate of drug-likeness (QED) is 0.807. The molecule has 21 heavy (non-hydrogen) atoms. The molecule has 0 spiro atoms. The summed E-state index contributed by atoms with van der Waals surface area (Å²) in [6.07, 6.45) is 3.94. The Kier molecular flexibility index (Phi) is 4.37. The van der Waals surface area contributed by atoms with Crippen LogP contribution in [0.1, 0.15) is 25.0 Å². The molecule has 0 unspecified atom stereocenters. The van der Waals surface area contributed by atoms with E-state index >= 15 is 0 Å². The van der Waals surface area contributed by atoms with Gasteiger partial charge in [-0.3, -0.25) is 0 Å². The average Bonchev–Trinajstić information content (AvgIpc) is 2.47. The van der Waals surface area contributed by atoms with Crippen LogP contribution in [0.4, 0.5) is 11.6 Å². The lowest BCUT2D eigenvalue weighted by atomic mass is 10.1. The third-order valence-electron chi connectivity index (χ3n) is 3.06. The van der Waals surface area contributed by atoms with Gasteiger partial charge in [-0.1, -0.05) is 13.8 Å². The van der Waals surface area contributed by atoms with E-state index in [1.807, 2.05) is 13.8 Å². The standard InChI is InChI=1S/C13H17N5O2S/c1-3-9-7-11(14)10(4-2)12(8-9)21(19,20)18-13-15-5-6-16-17-13/h5-8H,3-4,14H2,1-2H3,(H,15,17,18). The highest BCUT2D eigenvalue weighted by molar-refractivity contribution is 7.92. The van der Waals surface area contributed by atoms with Gasteiger partial charge in [0.15, 0.2) is 0 Å². The summed E-state index contributed by atoms with van der Waals surface area (Å²) < 4.78 is 27.4. The lowest BCUT2D eigenvalue weighted by molar-refractivity contribution is 0.599. The highest BCUT2D eigenvalue weighted by atomic mass is 32.2. The topological polar surface area (TPSA) is 111 Å². The van der Waals surface area contributed by atoms with Crippen LogP contribution in [0.25, 0.3) is 0 Å². The van der Waals surface area contributed by atoms with E-state index in [0.717, 1.165) is 5.56 Å². The van der Waals surface area contributed by atoms with E-state index in [4.69, 9.17) is 5.73 Å². The van der Waals surface area contributed by atoms with Crippen LogP contribution < -0.4 is 10.5 Å². The molecule has 0 aliphatic rings. The van der Waals surface area contributed by atoms with Gasteiger partial charge in [0.1, 0.15) is 0 Å². The Balaban J connectivity index is 2.51. The normalized spacial score (nSPS) is 11.3. The molecular formula is C13H17N5O2S. The number of sulfonamides is 1. The van der Waals surface area contributed by atoms with Crippen molar-refractivity contribution < 1.29 is 8.42 Å². The molecule has 0 radical (unpaired) electrons. The third kappa shape index (κ3) is 3.27. The molecule has 0 atom stereocenters. The lowest BCUT2D eigenvalue weighted by Crippen LogP contribution is -2.18. The fraction of sp³-hybridized carbons (Fsp3) is 0.308. The van der Waals surface area contributed by atoms with E-state index in [2.05, 4.69) is 19.9 Å². The van der Waals surface area contributed by atoms with Gasteiger partial charge in [0.25, 0.3) is 16.0 Å². The number of anilines is 2. The van der Waals surface area contributed by atoms with Crippen LogP contribution in [0.5, 0.6) is 0 Å². The number of nitrogen functional groups attached to an aromatic ring is 1. The molecule has 2 aromatic rings. The number of nitrogens with zero attached hydrogens (tertiary/aromatic N) is 3. The Morgan fingerprint density at radius 2 is 1.95 bits per heavy atom. The molecule has 7 nitrogen and oxygen atoms in total. The molecule has 0 saturated heterocycles. The Labute approximate surface area is 123 Å². The molecule has 112 valence electrons. The van der Waals surface area contributed by atoms with Crippen LogP contribution in [0, 0.1) is 0 Å². The number of rotatable bonds is 5. The van der Waals surface area contributed by atoms with E-state index < -0.39 is 10.0 Å². The molecule has 0 aliphatic carbocycles. The molecule has 2 rings (SSSR count). The number of aryl methyl sites for hydroxylation is 1. The zero-order chi connectivity index (χ0) is 15.5. The Morgan fingerprint density at radius 3 is 2.52 bits per heavy atom. The summed E-state index contributed by atoms with van der Waals surface area (Å²) in [5.74, 6) is -0.0694. The zero-order valence-electron chi connectivity index (χ0n) is 11.9. The van der Waals surface area contributed by atoms with Gasteiger partial charge >= 0.3 is 0 Å². The molecule has 1 aromatic heterocycles. The van der Waals surface area contributed by atoms with E-state index in [0.29, 0.717) is 24.1 Å². The van der Waals surface area contributed by atoms with Crippen molar-refractivity contribution in [2.45, 2.75) is 31.6 Å². The van der Waals surface area contributed by atoms with Gasteiger partial charge in [-0.2, -0.15) is 5.10 Å². The summed E-state index contributed by atoms with van der Waals surface area (Å²) in [6.45, 7) is 3.80. The van der Waals surface area contributed by atoms with Gasteiger partial charge in [-0.25, -0.2) is 18.1 Å². The number of benzene rings is 1. The molecule has 0 bridgehead atoms. The summed E-state index contributed by atoms with van der Waals surface area (Å²) in [6, 6.07) is 3.44. The molecular weight excluding hydrogens is 290 g/mol. The number of hydrogen-bond donors (Lipinski definition) is 2. The first-order valence-electron chi connectivity index (χ1n) is 6.55. The predicted octanol–water partition coefficient (Wildman–Crippen LogP) is 1.38. The van der Waals surface area contributed by atoms with Crippen LogP contribution in [-0.4, -0.2) is 23.6 Å². The maximum atomic E-state index is 12.5. The Hall–Kier alpha value is -2.22. The molecule has 3 N–H and O–H groups in total. The summed E-state index contributed by atoms with van der Waals surface area (Å²) >= 11 is 0. The molecule has 1 heterocycles. The van der Waals surface area contributed by atoms with Crippen molar-refractivity contribution in [2.24, 2.45) is 0 Å². The van der Waals surface area contributed by atoms with Gasteiger partial charge in [0, 0.05) is 5.69 Å². The maximum Gasteiger partial charge on any atom is 0.264 e. The van der Waals surface area contributed by atoms with Crippen molar-refractivity contribution in [3.63, 3.8) is 0 Å². The first-order chi connectivity index (χ1) is 9.97. The highest BCUT2D eigenvalue weighted by Gasteiger charge is 2.21. The summed E-state index contributed by atoms with van der Waals surface area (Å²) in [5, 5.41) is 7.22. The minimum Gasteiger partial charge on any atom is -0.398 e. The smallest absolute Gasteiger partial charge is 0.264 e. The summed E-state index contributed by atoms with van der Waals surface area (Å²) in [5.41, 5.74) is 7.88. The predicted molar refractivity (Wildman–Crippen MR) is 80.2 cm³/mol. The van der Waals surface area contributed by atoms with Gasteiger partial charge in [0.2, 0.25) is 0 Å². The number of nitrogens with one attached hydrogen (secondary N) is 1. The fourth-order valence-electron chi connectivity index (χ4n) is 2.02. The first kappa shape index (κ1) is 15.2. The molecule has 0 fully saturated rings. The molecule has 1 aromatic carbocycles. The van der Waals surface area contributed by atoms with Crippen LogP contribution in [-0.2, 0) is 22.9 Å². The third-order valence-corrected chi connectivity index (χ3v) is 4.46. The van der Waals surface area contributed by atoms with Crippen LogP contribution in [0.15, 0.2) is 29.4 Å². The highest BCUT2D eigenvalue weighted by Crippen LogP contribution is 2.26. The minimum absolute atomic E-state index is 0.0694. The van der Waals surface area contributed by atoms with Crippen LogP contribution in [0.2, 0.25) is 0 Å². The Morgan fingerprint density at radius 1 is 1.19 bits per heavy atom. The van der Waals surface area contributed by atoms with Gasteiger partial charge < -0.3 is 5.73 Å². The van der Waals surface area contributed by atoms with Crippen molar-refractivity contribution in [3.8, 4) is 0 Å². The van der Waals surface area contributed by atoms with Crippen LogP contribution in [0.3, 0.4) is 0 Å².